The quantitative estimate of drug-likeness (QED) is 0.524. The van der Waals surface area contributed by atoms with Crippen LogP contribution in [0.1, 0.15) is 18.5 Å². The van der Waals surface area contributed by atoms with Crippen LogP contribution in [-0.4, -0.2) is 9.91 Å². The lowest BCUT2D eigenvalue weighted by atomic mass is 10.1. The Labute approximate surface area is 115 Å². The maximum Gasteiger partial charge on any atom is 0.311 e. The van der Waals surface area contributed by atoms with Crippen LogP contribution in [-0.2, 0) is 0 Å². The van der Waals surface area contributed by atoms with Crippen molar-refractivity contribution < 1.29 is 4.92 Å². The zero-order chi connectivity index (χ0) is 13.8. The van der Waals surface area contributed by atoms with Gasteiger partial charge in [0, 0.05) is 6.07 Å². The molecule has 0 fully saturated rings. The minimum Gasteiger partial charge on any atom is -0.358 e. The first-order valence-corrected chi connectivity index (χ1v) is 6.08. The van der Waals surface area contributed by atoms with E-state index in [0.717, 1.165) is 5.56 Å². The van der Waals surface area contributed by atoms with Gasteiger partial charge in [-0.15, -0.1) is 0 Å². The summed E-state index contributed by atoms with van der Waals surface area (Å²) < 4.78 is 0. The van der Waals surface area contributed by atoms with Crippen LogP contribution in [0, 0.1) is 10.1 Å². The van der Waals surface area contributed by atoms with Crippen molar-refractivity contribution in [2.45, 2.75) is 13.0 Å². The van der Waals surface area contributed by atoms with E-state index in [2.05, 4.69) is 10.3 Å². The van der Waals surface area contributed by atoms with Crippen LogP contribution in [0.2, 0.25) is 5.15 Å². The molecule has 5 nitrogen and oxygen atoms in total. The molecule has 0 aliphatic carbocycles. The molecule has 1 aromatic heterocycles. The van der Waals surface area contributed by atoms with Gasteiger partial charge in [0.05, 0.1) is 11.0 Å². The second-order valence-electron chi connectivity index (χ2n) is 4.04. The molecule has 2 aromatic rings. The summed E-state index contributed by atoms with van der Waals surface area (Å²) in [4.78, 5) is 14.4. The van der Waals surface area contributed by atoms with Crippen molar-refractivity contribution in [3.8, 4) is 0 Å². The van der Waals surface area contributed by atoms with Crippen LogP contribution in [0.5, 0.6) is 0 Å². The largest absolute Gasteiger partial charge is 0.358 e. The SMILES string of the molecule is C[C@H](Nc1nc(Cl)ccc1[N+](=O)[O-])c1ccccc1. The molecule has 0 amide bonds. The van der Waals surface area contributed by atoms with Crippen molar-refractivity contribution in [3.05, 3.63) is 63.3 Å². The Morgan fingerprint density at radius 3 is 2.58 bits per heavy atom. The molecule has 1 N–H and O–H groups in total. The summed E-state index contributed by atoms with van der Waals surface area (Å²) in [6.45, 7) is 1.90. The molecular formula is C13H12ClN3O2. The van der Waals surface area contributed by atoms with E-state index in [4.69, 9.17) is 11.6 Å². The molecule has 1 atom stereocenters. The third kappa shape index (κ3) is 3.20. The first-order chi connectivity index (χ1) is 9.08. The number of hydrogen-bond donors (Lipinski definition) is 1. The molecule has 0 saturated carbocycles. The number of rotatable bonds is 4. The summed E-state index contributed by atoms with van der Waals surface area (Å²) in [7, 11) is 0. The normalized spacial score (nSPS) is 11.9. The molecule has 0 spiro atoms. The molecule has 1 heterocycles. The van der Waals surface area contributed by atoms with Gasteiger partial charge in [-0.3, -0.25) is 10.1 Å². The van der Waals surface area contributed by atoms with Gasteiger partial charge in [-0.2, -0.15) is 0 Å². The molecule has 1 aromatic carbocycles. The fourth-order valence-corrected chi connectivity index (χ4v) is 1.86. The van der Waals surface area contributed by atoms with E-state index < -0.39 is 4.92 Å². The number of pyridine rings is 1. The van der Waals surface area contributed by atoms with E-state index in [1.54, 1.807) is 0 Å². The Kier molecular flexibility index (Phi) is 3.97. The molecule has 19 heavy (non-hydrogen) atoms. The topological polar surface area (TPSA) is 68.1 Å². The van der Waals surface area contributed by atoms with E-state index in [-0.39, 0.29) is 22.7 Å². The predicted molar refractivity (Wildman–Crippen MR) is 74.4 cm³/mol. The summed E-state index contributed by atoms with van der Waals surface area (Å²) in [5.74, 6) is 0.175. The highest BCUT2D eigenvalue weighted by atomic mass is 35.5. The maximum atomic E-state index is 10.9. The molecular weight excluding hydrogens is 266 g/mol. The number of nitrogens with zero attached hydrogens (tertiary/aromatic N) is 2. The minimum atomic E-state index is -0.483. The summed E-state index contributed by atoms with van der Waals surface area (Å²) in [6.07, 6.45) is 0. The van der Waals surface area contributed by atoms with Crippen molar-refractivity contribution in [2.75, 3.05) is 5.32 Å². The van der Waals surface area contributed by atoms with Gasteiger partial charge in [0.25, 0.3) is 0 Å². The van der Waals surface area contributed by atoms with Crippen molar-refractivity contribution in [3.63, 3.8) is 0 Å². The predicted octanol–water partition coefficient (Wildman–Crippen LogP) is 3.82. The molecule has 0 bridgehead atoms. The number of hydrogen-bond acceptors (Lipinski definition) is 4. The van der Waals surface area contributed by atoms with Gasteiger partial charge < -0.3 is 5.32 Å². The average Bonchev–Trinajstić information content (AvgIpc) is 2.39. The van der Waals surface area contributed by atoms with Gasteiger partial charge in [0.15, 0.2) is 0 Å². The third-order valence-corrected chi connectivity index (χ3v) is 2.90. The van der Waals surface area contributed by atoms with Gasteiger partial charge in [-0.05, 0) is 18.6 Å². The molecule has 2 rings (SSSR count). The van der Waals surface area contributed by atoms with Crippen LogP contribution in [0.3, 0.4) is 0 Å². The zero-order valence-electron chi connectivity index (χ0n) is 10.2. The van der Waals surface area contributed by atoms with Crippen LogP contribution >= 0.6 is 11.6 Å². The lowest BCUT2D eigenvalue weighted by molar-refractivity contribution is -0.384. The molecule has 0 aliphatic rings. The second kappa shape index (κ2) is 5.67. The van der Waals surface area contributed by atoms with Crippen LogP contribution < -0.4 is 5.32 Å². The maximum absolute atomic E-state index is 10.9. The van der Waals surface area contributed by atoms with Crippen LogP contribution in [0.25, 0.3) is 0 Å². The van der Waals surface area contributed by atoms with Gasteiger partial charge >= 0.3 is 5.69 Å². The van der Waals surface area contributed by atoms with Gasteiger partial charge in [-0.1, -0.05) is 41.9 Å². The van der Waals surface area contributed by atoms with E-state index in [1.165, 1.54) is 12.1 Å². The van der Waals surface area contributed by atoms with Crippen LogP contribution in [0.4, 0.5) is 11.5 Å². The van der Waals surface area contributed by atoms with Crippen molar-refractivity contribution >= 4 is 23.1 Å². The Hall–Kier alpha value is -2.14. The Balaban J connectivity index is 2.28. The Bertz CT molecular complexity index is 590. The number of halogens is 1. The summed E-state index contributed by atoms with van der Waals surface area (Å²) in [6, 6.07) is 12.2. The number of nitrogens with one attached hydrogen (secondary N) is 1. The number of nitro groups is 1. The van der Waals surface area contributed by atoms with Gasteiger partial charge in [0.2, 0.25) is 5.82 Å². The Morgan fingerprint density at radius 1 is 1.26 bits per heavy atom. The van der Waals surface area contributed by atoms with Crippen molar-refractivity contribution in [2.24, 2.45) is 0 Å². The third-order valence-electron chi connectivity index (χ3n) is 2.69. The second-order valence-corrected chi connectivity index (χ2v) is 4.42. The first kappa shape index (κ1) is 13.3. The zero-order valence-corrected chi connectivity index (χ0v) is 11.0. The van der Waals surface area contributed by atoms with E-state index in [0.29, 0.717) is 0 Å². The molecule has 0 aliphatic heterocycles. The smallest absolute Gasteiger partial charge is 0.311 e. The van der Waals surface area contributed by atoms with E-state index in [1.807, 2.05) is 37.3 Å². The summed E-state index contributed by atoms with van der Waals surface area (Å²) in [5, 5.41) is 14.2. The molecule has 6 heteroatoms. The Morgan fingerprint density at radius 2 is 1.95 bits per heavy atom. The monoisotopic (exact) mass is 277 g/mol. The standard InChI is InChI=1S/C13H12ClN3O2/c1-9(10-5-3-2-4-6-10)15-13-11(17(18)19)7-8-12(14)16-13/h2-9H,1H3,(H,15,16)/t9-/m0/s1. The molecule has 98 valence electrons. The van der Waals surface area contributed by atoms with Crippen LogP contribution in [0.15, 0.2) is 42.5 Å². The van der Waals surface area contributed by atoms with Crippen molar-refractivity contribution in [1.82, 2.24) is 4.98 Å². The van der Waals surface area contributed by atoms with Gasteiger partial charge in [-0.25, -0.2) is 4.98 Å². The highest BCUT2D eigenvalue weighted by Crippen LogP contribution is 2.27. The number of benzene rings is 1. The van der Waals surface area contributed by atoms with Gasteiger partial charge in [0.1, 0.15) is 5.15 Å². The number of anilines is 1. The number of aromatic nitrogens is 1. The molecule has 0 unspecified atom stereocenters. The minimum absolute atomic E-state index is 0.0906. The summed E-state index contributed by atoms with van der Waals surface area (Å²) >= 11 is 5.78. The fraction of sp³-hybridized carbons (Fsp3) is 0.154. The average molecular weight is 278 g/mol. The van der Waals surface area contributed by atoms with E-state index >= 15 is 0 Å². The highest BCUT2D eigenvalue weighted by molar-refractivity contribution is 6.29. The lowest BCUT2D eigenvalue weighted by Crippen LogP contribution is -2.09. The highest BCUT2D eigenvalue weighted by Gasteiger charge is 2.17. The first-order valence-electron chi connectivity index (χ1n) is 5.70. The fourth-order valence-electron chi connectivity index (χ4n) is 1.71. The molecule has 0 saturated heterocycles. The summed E-state index contributed by atoms with van der Waals surface area (Å²) in [5.41, 5.74) is 0.922. The van der Waals surface area contributed by atoms with E-state index in [9.17, 15) is 10.1 Å². The van der Waals surface area contributed by atoms with Crippen molar-refractivity contribution in [1.29, 1.82) is 0 Å². The molecule has 0 radical (unpaired) electrons. The lowest BCUT2D eigenvalue weighted by Gasteiger charge is -2.14.